The fraction of sp³-hybridized carbons (Fsp3) is 0.231. The maximum Gasteiger partial charge on any atom is 0.223 e. The van der Waals surface area contributed by atoms with E-state index >= 15 is 0 Å². The van der Waals surface area contributed by atoms with Crippen molar-refractivity contribution >= 4 is 11.6 Å². The lowest BCUT2D eigenvalue weighted by Gasteiger charge is -2.05. The summed E-state index contributed by atoms with van der Waals surface area (Å²) >= 11 is 0. The van der Waals surface area contributed by atoms with Crippen molar-refractivity contribution in [2.75, 3.05) is 5.32 Å². The summed E-state index contributed by atoms with van der Waals surface area (Å²) < 4.78 is 1.94. The van der Waals surface area contributed by atoms with Crippen molar-refractivity contribution in [3.8, 4) is 0 Å². The lowest BCUT2D eigenvalue weighted by Crippen LogP contribution is -2.08. The number of nitrogens with zero attached hydrogens (tertiary/aromatic N) is 5. The lowest BCUT2D eigenvalue weighted by molar-refractivity contribution is 0.896. The molecule has 6 heteroatoms. The van der Waals surface area contributed by atoms with Crippen molar-refractivity contribution in [3.63, 3.8) is 0 Å². The van der Waals surface area contributed by atoms with E-state index < -0.39 is 0 Å². The molecule has 96 valence electrons. The second kappa shape index (κ2) is 4.64. The molecule has 1 N–H and O–H groups in total. The number of hydrogen-bond donors (Lipinski definition) is 1. The van der Waals surface area contributed by atoms with Gasteiger partial charge in [0, 0.05) is 17.6 Å². The Kier molecular flexibility index (Phi) is 2.83. The predicted octanol–water partition coefficient (Wildman–Crippen LogP) is 1.75. The van der Waals surface area contributed by atoms with E-state index in [0.29, 0.717) is 12.5 Å². The van der Waals surface area contributed by atoms with Crippen molar-refractivity contribution in [1.82, 2.24) is 24.6 Å². The molecule has 3 heterocycles. The molecular formula is C13H14N6. The molecule has 0 radical (unpaired) electrons. The topological polar surface area (TPSA) is 68.0 Å². The second-order valence-corrected chi connectivity index (χ2v) is 4.37. The summed E-state index contributed by atoms with van der Waals surface area (Å²) in [5, 5.41) is 11.4. The number of hydrogen-bond acceptors (Lipinski definition) is 5. The van der Waals surface area contributed by atoms with Gasteiger partial charge in [0.05, 0.1) is 6.54 Å². The fourth-order valence-electron chi connectivity index (χ4n) is 1.97. The predicted molar refractivity (Wildman–Crippen MR) is 71.8 cm³/mol. The van der Waals surface area contributed by atoms with Gasteiger partial charge < -0.3 is 5.32 Å². The molecule has 0 fully saturated rings. The van der Waals surface area contributed by atoms with Gasteiger partial charge in [-0.15, -0.1) is 10.2 Å². The van der Waals surface area contributed by atoms with Crippen LogP contribution in [0.3, 0.4) is 0 Å². The maximum atomic E-state index is 4.33. The van der Waals surface area contributed by atoms with Gasteiger partial charge in [-0.05, 0) is 32.0 Å². The van der Waals surface area contributed by atoms with Crippen LogP contribution in [0.25, 0.3) is 5.65 Å². The molecule has 19 heavy (non-hydrogen) atoms. The Labute approximate surface area is 110 Å². The van der Waals surface area contributed by atoms with Crippen molar-refractivity contribution in [1.29, 1.82) is 0 Å². The zero-order valence-electron chi connectivity index (χ0n) is 10.8. The number of aryl methyl sites for hydroxylation is 2. The molecule has 0 bridgehead atoms. The first-order valence-corrected chi connectivity index (χ1v) is 6.07. The van der Waals surface area contributed by atoms with Gasteiger partial charge in [0.15, 0.2) is 11.5 Å². The Morgan fingerprint density at radius 2 is 1.89 bits per heavy atom. The minimum Gasteiger partial charge on any atom is -0.347 e. The van der Waals surface area contributed by atoms with Crippen molar-refractivity contribution in [3.05, 3.63) is 47.7 Å². The Morgan fingerprint density at radius 1 is 1.11 bits per heavy atom. The quantitative estimate of drug-likeness (QED) is 0.771. The lowest BCUT2D eigenvalue weighted by atomic mass is 10.4. The first-order chi connectivity index (χ1) is 9.22. The minimum absolute atomic E-state index is 0.536. The molecule has 0 aliphatic heterocycles. The van der Waals surface area contributed by atoms with E-state index in [2.05, 4.69) is 25.5 Å². The summed E-state index contributed by atoms with van der Waals surface area (Å²) in [7, 11) is 0. The van der Waals surface area contributed by atoms with Gasteiger partial charge in [-0.2, -0.15) is 0 Å². The number of aromatic nitrogens is 5. The van der Waals surface area contributed by atoms with Crippen molar-refractivity contribution in [2.45, 2.75) is 20.4 Å². The molecule has 0 spiro atoms. The molecule has 0 aliphatic rings. The second-order valence-electron chi connectivity index (χ2n) is 4.37. The van der Waals surface area contributed by atoms with Gasteiger partial charge >= 0.3 is 0 Å². The number of pyridine rings is 1. The molecule has 0 saturated heterocycles. The van der Waals surface area contributed by atoms with Gasteiger partial charge in [0.2, 0.25) is 5.95 Å². The third kappa shape index (κ3) is 2.37. The highest BCUT2D eigenvalue weighted by Gasteiger charge is 2.05. The molecule has 0 atom stereocenters. The number of rotatable bonds is 3. The van der Waals surface area contributed by atoms with E-state index in [0.717, 1.165) is 22.9 Å². The highest BCUT2D eigenvalue weighted by atomic mass is 15.3. The van der Waals surface area contributed by atoms with Crippen LogP contribution in [0, 0.1) is 13.8 Å². The van der Waals surface area contributed by atoms with Crippen molar-refractivity contribution < 1.29 is 0 Å². The molecule has 3 rings (SSSR count). The zero-order chi connectivity index (χ0) is 13.2. The molecule has 0 saturated carbocycles. The summed E-state index contributed by atoms with van der Waals surface area (Å²) in [6, 6.07) is 7.75. The standard InChI is InChI=1S/C13H14N6/c1-9-7-10(2)16-13(15-9)14-8-12-18-17-11-5-3-4-6-19(11)12/h3-7H,8H2,1-2H3,(H,14,15,16). The third-order valence-corrected chi connectivity index (χ3v) is 2.77. The van der Waals surface area contributed by atoms with Crippen LogP contribution in [-0.4, -0.2) is 24.6 Å². The maximum absolute atomic E-state index is 4.33. The zero-order valence-corrected chi connectivity index (χ0v) is 10.8. The van der Waals surface area contributed by atoms with E-state index in [1.54, 1.807) is 0 Å². The molecule has 6 nitrogen and oxygen atoms in total. The summed E-state index contributed by atoms with van der Waals surface area (Å²) in [6.45, 7) is 4.44. The smallest absolute Gasteiger partial charge is 0.223 e. The van der Waals surface area contributed by atoms with E-state index in [1.165, 1.54) is 0 Å². The summed E-state index contributed by atoms with van der Waals surface area (Å²) in [5.74, 6) is 1.45. The first-order valence-electron chi connectivity index (χ1n) is 6.07. The normalized spacial score (nSPS) is 10.8. The number of nitrogens with one attached hydrogen (secondary N) is 1. The first kappa shape index (κ1) is 11.6. The summed E-state index contributed by atoms with van der Waals surface area (Å²) in [5.41, 5.74) is 2.72. The molecular weight excluding hydrogens is 240 g/mol. The van der Waals surface area contributed by atoms with Crippen LogP contribution < -0.4 is 5.32 Å². The van der Waals surface area contributed by atoms with E-state index in [-0.39, 0.29) is 0 Å². The van der Waals surface area contributed by atoms with E-state index in [4.69, 9.17) is 0 Å². The van der Waals surface area contributed by atoms with Gasteiger partial charge in [-0.1, -0.05) is 6.07 Å². The van der Waals surface area contributed by atoms with Crippen LogP contribution in [0.4, 0.5) is 5.95 Å². The fourth-order valence-corrected chi connectivity index (χ4v) is 1.97. The number of fused-ring (bicyclic) bond motifs is 1. The Bertz CT molecular complexity index is 698. The van der Waals surface area contributed by atoms with Crippen LogP contribution in [0.1, 0.15) is 17.2 Å². The monoisotopic (exact) mass is 254 g/mol. The highest BCUT2D eigenvalue weighted by Crippen LogP contribution is 2.07. The molecule has 3 aromatic heterocycles. The SMILES string of the molecule is Cc1cc(C)nc(NCc2nnc3ccccn23)n1. The van der Waals surface area contributed by atoms with Crippen LogP contribution in [0.5, 0.6) is 0 Å². The molecule has 0 aromatic carbocycles. The van der Waals surface area contributed by atoms with Crippen LogP contribution in [0.15, 0.2) is 30.5 Å². The van der Waals surface area contributed by atoms with Crippen LogP contribution in [0.2, 0.25) is 0 Å². The summed E-state index contributed by atoms with van der Waals surface area (Å²) in [4.78, 5) is 8.67. The van der Waals surface area contributed by atoms with Crippen molar-refractivity contribution in [2.24, 2.45) is 0 Å². The molecule has 0 aliphatic carbocycles. The van der Waals surface area contributed by atoms with Gasteiger partial charge in [0.25, 0.3) is 0 Å². The third-order valence-electron chi connectivity index (χ3n) is 2.77. The van der Waals surface area contributed by atoms with Gasteiger partial charge in [-0.25, -0.2) is 9.97 Å². The highest BCUT2D eigenvalue weighted by molar-refractivity contribution is 5.38. The number of anilines is 1. The van der Waals surface area contributed by atoms with E-state index in [9.17, 15) is 0 Å². The average molecular weight is 254 g/mol. The Morgan fingerprint density at radius 3 is 2.68 bits per heavy atom. The molecule has 0 unspecified atom stereocenters. The van der Waals surface area contributed by atoms with Gasteiger partial charge in [-0.3, -0.25) is 4.40 Å². The Hall–Kier alpha value is -2.50. The minimum atomic E-state index is 0.536. The Balaban J connectivity index is 1.82. The van der Waals surface area contributed by atoms with Crippen LogP contribution >= 0.6 is 0 Å². The largest absolute Gasteiger partial charge is 0.347 e. The average Bonchev–Trinajstić information content (AvgIpc) is 2.78. The van der Waals surface area contributed by atoms with E-state index in [1.807, 2.05) is 48.7 Å². The van der Waals surface area contributed by atoms with Gasteiger partial charge in [0.1, 0.15) is 0 Å². The molecule has 0 amide bonds. The molecule has 3 aromatic rings. The van der Waals surface area contributed by atoms with Crippen LogP contribution in [-0.2, 0) is 6.54 Å². The summed E-state index contributed by atoms with van der Waals surface area (Å²) in [6.07, 6.45) is 1.94.